The lowest BCUT2D eigenvalue weighted by molar-refractivity contribution is -0.120. The summed E-state index contributed by atoms with van der Waals surface area (Å²) >= 11 is 0. The SMILES string of the molecule is Cc1ccc2c(C)cc(=O)n(CC=O)c2c1.Cc1ccc2c(C)cc(=O)n(CCN3CCC(N(CC(=O)Cc4ccccn4)C(=O)OC(C)(C)C)CC3)c2c1. The Morgan fingerprint density at radius 2 is 1.40 bits per heavy atom. The highest BCUT2D eigenvalue weighted by atomic mass is 16.6. The molecule has 1 aliphatic rings. The third-order valence-corrected chi connectivity index (χ3v) is 9.92. The van der Waals surface area contributed by atoms with Crippen LogP contribution in [0.25, 0.3) is 21.8 Å². The number of carbonyl (C=O) groups is 3. The molecule has 6 rings (SSSR count). The lowest BCUT2D eigenvalue weighted by atomic mass is 10.0. The highest BCUT2D eigenvalue weighted by Crippen LogP contribution is 2.22. The summed E-state index contributed by atoms with van der Waals surface area (Å²) in [5, 5.41) is 2.12. The Labute approximate surface area is 322 Å². The van der Waals surface area contributed by atoms with Gasteiger partial charge in [0.1, 0.15) is 11.9 Å². The summed E-state index contributed by atoms with van der Waals surface area (Å²) in [6, 6.07) is 20.8. The molecule has 0 unspecified atom stereocenters. The van der Waals surface area contributed by atoms with Crippen LogP contribution in [-0.4, -0.2) is 79.9 Å². The van der Waals surface area contributed by atoms with Crippen LogP contribution in [0.4, 0.5) is 4.79 Å². The second-order valence-electron chi connectivity index (χ2n) is 15.5. The fraction of sp³-hybridized carbons (Fsp3) is 0.409. The van der Waals surface area contributed by atoms with Crippen LogP contribution in [0.15, 0.2) is 82.5 Å². The number of hydrogen-bond acceptors (Lipinski definition) is 8. The van der Waals surface area contributed by atoms with Crippen molar-refractivity contribution in [2.24, 2.45) is 0 Å². The molecule has 0 spiro atoms. The van der Waals surface area contributed by atoms with Gasteiger partial charge in [0.15, 0.2) is 5.78 Å². The maximum Gasteiger partial charge on any atom is 0.410 e. The van der Waals surface area contributed by atoms with Crippen molar-refractivity contribution in [2.45, 2.75) is 92.5 Å². The number of Topliss-reactive ketones (excluding diaryl/α,β-unsaturated/α-hetero) is 1. The fourth-order valence-electron chi connectivity index (χ4n) is 7.12. The van der Waals surface area contributed by atoms with Gasteiger partial charge in [-0.25, -0.2) is 4.79 Å². The molecule has 11 heteroatoms. The Morgan fingerprint density at radius 1 is 0.818 bits per heavy atom. The summed E-state index contributed by atoms with van der Waals surface area (Å²) in [5.74, 6) is -0.0668. The van der Waals surface area contributed by atoms with E-state index in [-0.39, 0.29) is 42.5 Å². The molecule has 5 aromatic rings. The molecule has 0 saturated carbocycles. The van der Waals surface area contributed by atoms with Crippen LogP contribution in [-0.2, 0) is 33.8 Å². The first-order valence-electron chi connectivity index (χ1n) is 18.9. The van der Waals surface area contributed by atoms with Crippen LogP contribution in [0.5, 0.6) is 0 Å². The number of ketones is 1. The molecule has 0 radical (unpaired) electrons. The van der Waals surface area contributed by atoms with Crippen LogP contribution in [0.1, 0.15) is 61.6 Å². The molecule has 1 amide bonds. The normalized spacial score (nSPS) is 13.7. The van der Waals surface area contributed by atoms with Crippen molar-refractivity contribution in [3.05, 3.63) is 122 Å². The zero-order valence-corrected chi connectivity index (χ0v) is 33.1. The molecule has 1 saturated heterocycles. The predicted octanol–water partition coefficient (Wildman–Crippen LogP) is 6.34. The number of piperidine rings is 1. The molecule has 0 atom stereocenters. The van der Waals surface area contributed by atoms with Crippen LogP contribution in [0.2, 0.25) is 0 Å². The van der Waals surface area contributed by atoms with E-state index in [2.05, 4.69) is 28.1 Å². The molecular formula is C44H53N5O6. The number of ether oxygens (including phenoxy) is 1. The number of benzene rings is 2. The summed E-state index contributed by atoms with van der Waals surface area (Å²) in [6.07, 6.45) is 3.61. The van der Waals surface area contributed by atoms with Gasteiger partial charge in [-0.05, 0) is 108 Å². The Balaban J connectivity index is 0.000000301. The first kappa shape index (κ1) is 40.8. The van der Waals surface area contributed by atoms with Crippen LogP contribution >= 0.6 is 0 Å². The average Bonchev–Trinajstić information content (AvgIpc) is 3.12. The molecular weight excluding hydrogens is 695 g/mol. The lowest BCUT2D eigenvalue weighted by Gasteiger charge is -2.38. The topological polar surface area (TPSA) is 124 Å². The summed E-state index contributed by atoms with van der Waals surface area (Å²) in [5.41, 5.74) is 5.88. The van der Waals surface area contributed by atoms with Gasteiger partial charge in [0.2, 0.25) is 0 Å². The molecule has 4 heterocycles. The van der Waals surface area contributed by atoms with Gasteiger partial charge in [-0.3, -0.25) is 24.3 Å². The molecule has 1 fully saturated rings. The standard InChI is InChI=1S/C31H40N4O4.C13H13NO2/c1-22-9-10-27-23(2)19-29(37)34(28(27)18-22)17-16-33-14-11-25(12-15-33)35(30(38)39-31(3,4)5)21-26(36)20-24-8-6-7-13-32-24;1-9-3-4-11-10(2)8-13(16)14(5-6-15)12(11)7-9/h6-10,13,18-19,25H,11-12,14-17,20-21H2,1-5H3;3-4,6-8H,5H2,1-2H3. The summed E-state index contributed by atoms with van der Waals surface area (Å²) in [4.78, 5) is 69.4. The number of likely N-dealkylation sites (tertiary alicyclic amines) is 1. The number of aromatic nitrogens is 3. The van der Waals surface area contributed by atoms with Crippen molar-refractivity contribution in [2.75, 3.05) is 26.2 Å². The number of pyridine rings is 3. The van der Waals surface area contributed by atoms with Crippen molar-refractivity contribution in [3.8, 4) is 0 Å². The van der Waals surface area contributed by atoms with E-state index in [0.717, 1.165) is 82.8 Å². The molecule has 3 aromatic heterocycles. The van der Waals surface area contributed by atoms with E-state index >= 15 is 0 Å². The highest BCUT2D eigenvalue weighted by Gasteiger charge is 2.32. The summed E-state index contributed by atoms with van der Waals surface area (Å²) in [7, 11) is 0. The van der Waals surface area contributed by atoms with Crippen molar-refractivity contribution in [1.29, 1.82) is 0 Å². The maximum absolute atomic E-state index is 13.1. The van der Waals surface area contributed by atoms with E-state index in [4.69, 9.17) is 4.74 Å². The van der Waals surface area contributed by atoms with E-state index in [1.54, 1.807) is 23.2 Å². The summed E-state index contributed by atoms with van der Waals surface area (Å²) in [6.45, 7) is 16.4. The second kappa shape index (κ2) is 17.8. The number of hydrogen-bond donors (Lipinski definition) is 0. The smallest absolute Gasteiger partial charge is 0.410 e. The van der Waals surface area contributed by atoms with E-state index in [0.29, 0.717) is 12.2 Å². The second-order valence-corrected chi connectivity index (χ2v) is 15.5. The number of rotatable bonds is 10. The van der Waals surface area contributed by atoms with E-state index in [1.165, 1.54) is 4.57 Å². The quantitative estimate of drug-likeness (QED) is 0.152. The van der Waals surface area contributed by atoms with Gasteiger partial charge in [0.25, 0.3) is 11.1 Å². The number of carbonyl (C=O) groups excluding carboxylic acids is 3. The van der Waals surface area contributed by atoms with E-state index < -0.39 is 11.7 Å². The van der Waals surface area contributed by atoms with Gasteiger partial charge in [-0.1, -0.05) is 30.3 Å². The molecule has 1 aliphatic heterocycles. The third-order valence-electron chi connectivity index (χ3n) is 9.92. The fourth-order valence-corrected chi connectivity index (χ4v) is 7.12. The Kier molecular flexibility index (Phi) is 13.2. The lowest BCUT2D eigenvalue weighted by Crippen LogP contribution is -2.51. The van der Waals surface area contributed by atoms with Crippen molar-refractivity contribution in [3.63, 3.8) is 0 Å². The van der Waals surface area contributed by atoms with Crippen LogP contribution in [0.3, 0.4) is 0 Å². The highest BCUT2D eigenvalue weighted by molar-refractivity contribution is 5.86. The summed E-state index contributed by atoms with van der Waals surface area (Å²) < 4.78 is 9.05. The predicted molar refractivity (Wildman–Crippen MR) is 217 cm³/mol. The molecule has 2 aromatic carbocycles. The number of aryl methyl sites for hydroxylation is 4. The molecule has 290 valence electrons. The molecule has 11 nitrogen and oxygen atoms in total. The van der Waals surface area contributed by atoms with E-state index in [9.17, 15) is 24.0 Å². The van der Waals surface area contributed by atoms with Gasteiger partial charge >= 0.3 is 6.09 Å². The minimum Gasteiger partial charge on any atom is -0.444 e. The third kappa shape index (κ3) is 10.6. The Morgan fingerprint density at radius 3 is 1.95 bits per heavy atom. The van der Waals surface area contributed by atoms with Gasteiger partial charge in [-0.15, -0.1) is 0 Å². The van der Waals surface area contributed by atoms with Crippen molar-refractivity contribution < 1.29 is 19.1 Å². The minimum absolute atomic E-state index is 0.000253. The van der Waals surface area contributed by atoms with Crippen LogP contribution in [0, 0.1) is 27.7 Å². The van der Waals surface area contributed by atoms with Gasteiger partial charge in [0.05, 0.1) is 30.5 Å². The first-order chi connectivity index (χ1) is 26.1. The number of nitrogens with zero attached hydrogens (tertiary/aromatic N) is 5. The molecule has 0 N–H and O–H groups in total. The first-order valence-corrected chi connectivity index (χ1v) is 18.9. The molecule has 0 aliphatic carbocycles. The Hall–Kier alpha value is -5.42. The zero-order chi connectivity index (χ0) is 39.9. The molecule has 0 bridgehead atoms. The van der Waals surface area contributed by atoms with Gasteiger partial charge in [-0.2, -0.15) is 0 Å². The number of aldehydes is 1. The van der Waals surface area contributed by atoms with Crippen LogP contribution < -0.4 is 11.1 Å². The number of fused-ring (bicyclic) bond motifs is 2. The average molecular weight is 748 g/mol. The number of amides is 1. The maximum atomic E-state index is 13.1. The van der Waals surface area contributed by atoms with Gasteiger partial charge in [0, 0.05) is 67.0 Å². The monoisotopic (exact) mass is 747 g/mol. The Bertz CT molecular complexity index is 2280. The minimum atomic E-state index is -0.650. The molecule has 55 heavy (non-hydrogen) atoms. The largest absolute Gasteiger partial charge is 0.444 e. The van der Waals surface area contributed by atoms with E-state index in [1.807, 2.05) is 89.4 Å². The van der Waals surface area contributed by atoms with Gasteiger partial charge < -0.3 is 23.6 Å². The van der Waals surface area contributed by atoms with Crippen molar-refractivity contribution >= 4 is 40.0 Å². The van der Waals surface area contributed by atoms with Crippen molar-refractivity contribution in [1.82, 2.24) is 23.9 Å². The zero-order valence-electron chi connectivity index (χ0n) is 33.1.